The molecule has 0 radical (unpaired) electrons. The average Bonchev–Trinajstić information content (AvgIpc) is 3.27. The van der Waals surface area contributed by atoms with Crippen LogP contribution in [-0.2, 0) is 17.6 Å². The van der Waals surface area contributed by atoms with E-state index < -0.39 is 0 Å². The SMILES string of the molecule is CC(Cc1ccsc1)NC(=O)CCCc1ncc(-c2ccccc2)o1. The highest BCUT2D eigenvalue weighted by Gasteiger charge is 2.10. The van der Waals surface area contributed by atoms with Gasteiger partial charge in [-0.2, -0.15) is 11.3 Å². The van der Waals surface area contributed by atoms with Crippen LogP contribution in [0.1, 0.15) is 31.2 Å². The highest BCUT2D eigenvalue weighted by atomic mass is 32.1. The van der Waals surface area contributed by atoms with E-state index >= 15 is 0 Å². The van der Waals surface area contributed by atoms with Gasteiger partial charge in [0, 0.05) is 24.4 Å². The Kier molecular flexibility index (Phi) is 6.01. The second-order valence-electron chi connectivity index (χ2n) is 6.14. The Morgan fingerprint density at radius 3 is 2.88 bits per heavy atom. The van der Waals surface area contributed by atoms with Crippen LogP contribution in [0.3, 0.4) is 0 Å². The van der Waals surface area contributed by atoms with E-state index in [1.54, 1.807) is 17.5 Å². The summed E-state index contributed by atoms with van der Waals surface area (Å²) >= 11 is 1.68. The van der Waals surface area contributed by atoms with Crippen molar-refractivity contribution in [1.29, 1.82) is 0 Å². The van der Waals surface area contributed by atoms with Gasteiger partial charge in [0.15, 0.2) is 11.7 Å². The zero-order valence-corrected chi connectivity index (χ0v) is 15.1. The Hall–Kier alpha value is -2.40. The average molecular weight is 354 g/mol. The predicted octanol–water partition coefficient (Wildman–Crippen LogP) is 4.47. The summed E-state index contributed by atoms with van der Waals surface area (Å²) in [6, 6.07) is 12.1. The quantitative estimate of drug-likeness (QED) is 0.649. The Labute approximate surface area is 151 Å². The summed E-state index contributed by atoms with van der Waals surface area (Å²) < 4.78 is 5.76. The number of aromatic nitrogens is 1. The smallest absolute Gasteiger partial charge is 0.220 e. The van der Waals surface area contributed by atoms with Crippen LogP contribution in [-0.4, -0.2) is 16.9 Å². The number of benzene rings is 1. The lowest BCUT2D eigenvalue weighted by Gasteiger charge is -2.12. The number of hydrogen-bond acceptors (Lipinski definition) is 4. The van der Waals surface area contributed by atoms with Crippen LogP contribution >= 0.6 is 11.3 Å². The van der Waals surface area contributed by atoms with E-state index in [0.29, 0.717) is 18.7 Å². The lowest BCUT2D eigenvalue weighted by Crippen LogP contribution is -2.33. The van der Waals surface area contributed by atoms with E-state index in [0.717, 1.165) is 24.2 Å². The van der Waals surface area contributed by atoms with Crippen molar-refractivity contribution < 1.29 is 9.21 Å². The predicted molar refractivity (Wildman–Crippen MR) is 101 cm³/mol. The van der Waals surface area contributed by atoms with Crippen molar-refractivity contribution in [2.24, 2.45) is 0 Å². The first kappa shape index (κ1) is 17.4. The molecule has 3 aromatic rings. The maximum absolute atomic E-state index is 12.0. The molecule has 3 rings (SSSR count). The number of aryl methyl sites for hydroxylation is 1. The highest BCUT2D eigenvalue weighted by Crippen LogP contribution is 2.20. The van der Waals surface area contributed by atoms with Crippen molar-refractivity contribution in [1.82, 2.24) is 10.3 Å². The largest absolute Gasteiger partial charge is 0.441 e. The first-order valence-electron chi connectivity index (χ1n) is 8.51. The lowest BCUT2D eigenvalue weighted by atomic mass is 10.1. The first-order valence-corrected chi connectivity index (χ1v) is 9.45. The van der Waals surface area contributed by atoms with Gasteiger partial charge in [0.05, 0.1) is 6.20 Å². The standard InChI is InChI=1S/C20H22N2O2S/c1-15(12-16-10-11-25-14-16)22-19(23)8-5-9-20-21-13-18(24-20)17-6-3-2-4-7-17/h2-4,6-7,10-11,13-15H,5,8-9,12H2,1H3,(H,22,23). The van der Waals surface area contributed by atoms with Gasteiger partial charge in [-0.1, -0.05) is 30.3 Å². The van der Waals surface area contributed by atoms with Gasteiger partial charge < -0.3 is 9.73 Å². The molecule has 1 aromatic carbocycles. The van der Waals surface area contributed by atoms with Gasteiger partial charge in [-0.15, -0.1) is 0 Å². The van der Waals surface area contributed by atoms with E-state index in [2.05, 4.69) is 27.1 Å². The molecule has 25 heavy (non-hydrogen) atoms. The molecule has 0 saturated heterocycles. The molecule has 0 bridgehead atoms. The first-order chi connectivity index (χ1) is 12.2. The van der Waals surface area contributed by atoms with Crippen LogP contribution in [0.4, 0.5) is 0 Å². The molecule has 4 nitrogen and oxygen atoms in total. The summed E-state index contributed by atoms with van der Waals surface area (Å²) in [5.74, 6) is 1.53. The van der Waals surface area contributed by atoms with Gasteiger partial charge in [0.2, 0.25) is 5.91 Å². The van der Waals surface area contributed by atoms with E-state index in [9.17, 15) is 4.79 Å². The molecule has 0 aliphatic rings. The summed E-state index contributed by atoms with van der Waals surface area (Å²) in [4.78, 5) is 16.3. The third-order valence-electron chi connectivity index (χ3n) is 3.94. The summed E-state index contributed by atoms with van der Waals surface area (Å²) in [5.41, 5.74) is 2.28. The van der Waals surface area contributed by atoms with Crippen LogP contribution in [0, 0.1) is 0 Å². The van der Waals surface area contributed by atoms with Crippen molar-refractivity contribution in [2.45, 2.75) is 38.6 Å². The summed E-state index contributed by atoms with van der Waals surface area (Å²) in [6.45, 7) is 2.04. The van der Waals surface area contributed by atoms with Crippen molar-refractivity contribution in [3.8, 4) is 11.3 Å². The third kappa shape index (κ3) is 5.29. The molecule has 2 aromatic heterocycles. The fraction of sp³-hybridized carbons (Fsp3) is 0.300. The third-order valence-corrected chi connectivity index (χ3v) is 4.67. The number of amides is 1. The lowest BCUT2D eigenvalue weighted by molar-refractivity contribution is -0.121. The summed E-state index contributed by atoms with van der Waals surface area (Å²) in [7, 11) is 0. The number of rotatable bonds is 8. The maximum Gasteiger partial charge on any atom is 0.220 e. The van der Waals surface area contributed by atoms with Gasteiger partial charge in [-0.3, -0.25) is 4.79 Å². The molecule has 2 heterocycles. The zero-order chi connectivity index (χ0) is 17.5. The van der Waals surface area contributed by atoms with E-state index in [1.165, 1.54) is 5.56 Å². The van der Waals surface area contributed by atoms with Crippen molar-refractivity contribution in [3.05, 3.63) is 64.8 Å². The Balaban J connectivity index is 1.40. The van der Waals surface area contributed by atoms with Crippen LogP contribution < -0.4 is 5.32 Å². The van der Waals surface area contributed by atoms with Gasteiger partial charge in [-0.25, -0.2) is 4.98 Å². The second-order valence-corrected chi connectivity index (χ2v) is 6.92. The van der Waals surface area contributed by atoms with Gasteiger partial charge in [-0.05, 0) is 42.2 Å². The maximum atomic E-state index is 12.0. The van der Waals surface area contributed by atoms with Crippen molar-refractivity contribution in [2.75, 3.05) is 0 Å². The molecular formula is C20H22N2O2S. The van der Waals surface area contributed by atoms with Gasteiger partial charge in [0.1, 0.15) is 0 Å². The molecule has 1 unspecified atom stereocenters. The molecule has 130 valence electrons. The van der Waals surface area contributed by atoms with E-state index in [4.69, 9.17) is 4.42 Å². The molecular weight excluding hydrogens is 332 g/mol. The number of nitrogens with one attached hydrogen (secondary N) is 1. The number of carbonyl (C=O) groups excluding carboxylic acids is 1. The van der Waals surface area contributed by atoms with Gasteiger partial charge in [0.25, 0.3) is 0 Å². The fourth-order valence-electron chi connectivity index (χ4n) is 2.72. The van der Waals surface area contributed by atoms with E-state index in [1.807, 2.05) is 37.3 Å². The molecule has 0 saturated carbocycles. The molecule has 0 spiro atoms. The fourth-order valence-corrected chi connectivity index (χ4v) is 3.40. The molecule has 1 atom stereocenters. The molecule has 0 aliphatic heterocycles. The number of thiophene rings is 1. The molecule has 1 N–H and O–H groups in total. The minimum atomic E-state index is 0.0811. The molecule has 5 heteroatoms. The number of oxazole rings is 1. The Bertz CT molecular complexity index is 781. The van der Waals surface area contributed by atoms with Crippen LogP contribution in [0.25, 0.3) is 11.3 Å². The Morgan fingerprint density at radius 2 is 2.12 bits per heavy atom. The van der Waals surface area contributed by atoms with Crippen LogP contribution in [0.2, 0.25) is 0 Å². The van der Waals surface area contributed by atoms with E-state index in [-0.39, 0.29) is 11.9 Å². The van der Waals surface area contributed by atoms with Crippen molar-refractivity contribution >= 4 is 17.2 Å². The van der Waals surface area contributed by atoms with Crippen LogP contribution in [0.5, 0.6) is 0 Å². The highest BCUT2D eigenvalue weighted by molar-refractivity contribution is 7.07. The van der Waals surface area contributed by atoms with Crippen LogP contribution in [0.15, 0.2) is 57.8 Å². The monoisotopic (exact) mass is 354 g/mol. The summed E-state index contributed by atoms with van der Waals surface area (Å²) in [5, 5.41) is 7.23. The second kappa shape index (κ2) is 8.62. The minimum absolute atomic E-state index is 0.0811. The number of hydrogen-bond donors (Lipinski definition) is 1. The molecule has 0 fully saturated rings. The normalized spacial score (nSPS) is 12.0. The summed E-state index contributed by atoms with van der Waals surface area (Å²) in [6.07, 6.45) is 4.49. The van der Waals surface area contributed by atoms with Gasteiger partial charge >= 0.3 is 0 Å². The number of carbonyl (C=O) groups is 1. The number of nitrogens with zero attached hydrogens (tertiary/aromatic N) is 1. The molecule has 1 amide bonds. The topological polar surface area (TPSA) is 55.1 Å². The van der Waals surface area contributed by atoms with Crippen molar-refractivity contribution in [3.63, 3.8) is 0 Å². The zero-order valence-electron chi connectivity index (χ0n) is 14.3. The Morgan fingerprint density at radius 1 is 1.28 bits per heavy atom. The molecule has 0 aliphatic carbocycles. The minimum Gasteiger partial charge on any atom is -0.441 e.